The first-order valence-corrected chi connectivity index (χ1v) is 5.90. The second-order valence-corrected chi connectivity index (χ2v) is 4.42. The Hall–Kier alpha value is -1.00. The molecule has 1 aliphatic rings. The summed E-state index contributed by atoms with van der Waals surface area (Å²) in [7, 11) is 1.88. The molecule has 1 aromatic rings. The van der Waals surface area contributed by atoms with E-state index >= 15 is 0 Å². The van der Waals surface area contributed by atoms with Crippen LogP contribution in [0.3, 0.4) is 0 Å². The van der Waals surface area contributed by atoms with Gasteiger partial charge in [0.05, 0.1) is 6.61 Å². The standard InChI is InChI=1S/C13H17F2NO/c1-16-13-5-6-17-8-9(13)7-10-11(14)3-2-4-12(10)15/h2-4,9,13,16H,5-8H2,1H3. The van der Waals surface area contributed by atoms with Gasteiger partial charge in [-0.1, -0.05) is 6.07 Å². The molecule has 1 aliphatic heterocycles. The Morgan fingerprint density at radius 1 is 1.35 bits per heavy atom. The first-order chi connectivity index (χ1) is 8.22. The van der Waals surface area contributed by atoms with Gasteiger partial charge in [-0.2, -0.15) is 0 Å². The van der Waals surface area contributed by atoms with Crippen LogP contribution in [0, 0.1) is 17.6 Å². The number of benzene rings is 1. The molecular weight excluding hydrogens is 224 g/mol. The predicted molar refractivity (Wildman–Crippen MR) is 61.8 cm³/mol. The molecule has 4 heteroatoms. The molecule has 0 spiro atoms. The van der Waals surface area contributed by atoms with Crippen molar-refractivity contribution in [1.29, 1.82) is 0 Å². The normalized spacial score (nSPS) is 24.9. The van der Waals surface area contributed by atoms with Gasteiger partial charge < -0.3 is 10.1 Å². The van der Waals surface area contributed by atoms with Gasteiger partial charge in [0.2, 0.25) is 0 Å². The first kappa shape index (κ1) is 12.5. The van der Waals surface area contributed by atoms with Crippen LogP contribution < -0.4 is 5.32 Å². The van der Waals surface area contributed by atoms with Crippen molar-refractivity contribution in [1.82, 2.24) is 5.32 Å². The predicted octanol–water partition coefficient (Wildman–Crippen LogP) is 2.13. The Bertz CT molecular complexity index is 363. The van der Waals surface area contributed by atoms with Crippen molar-refractivity contribution >= 4 is 0 Å². The number of hydrogen-bond donors (Lipinski definition) is 1. The van der Waals surface area contributed by atoms with Gasteiger partial charge in [0.1, 0.15) is 11.6 Å². The molecule has 2 nitrogen and oxygen atoms in total. The SMILES string of the molecule is CNC1CCOCC1Cc1c(F)cccc1F. The Morgan fingerprint density at radius 2 is 2.06 bits per heavy atom. The van der Waals surface area contributed by atoms with E-state index in [1.807, 2.05) is 7.05 Å². The number of ether oxygens (including phenoxy) is 1. The molecule has 0 radical (unpaired) electrons. The number of rotatable bonds is 3. The van der Waals surface area contributed by atoms with Crippen LogP contribution in [0.4, 0.5) is 8.78 Å². The minimum atomic E-state index is -0.467. The summed E-state index contributed by atoms with van der Waals surface area (Å²) in [4.78, 5) is 0. The van der Waals surface area contributed by atoms with Crippen molar-refractivity contribution in [2.75, 3.05) is 20.3 Å². The van der Waals surface area contributed by atoms with Gasteiger partial charge in [-0.25, -0.2) is 8.78 Å². The largest absolute Gasteiger partial charge is 0.381 e. The monoisotopic (exact) mass is 241 g/mol. The zero-order chi connectivity index (χ0) is 12.3. The van der Waals surface area contributed by atoms with Crippen molar-refractivity contribution in [2.24, 2.45) is 5.92 Å². The lowest BCUT2D eigenvalue weighted by atomic mass is 9.89. The van der Waals surface area contributed by atoms with Gasteiger partial charge in [-0.15, -0.1) is 0 Å². The van der Waals surface area contributed by atoms with Crippen molar-refractivity contribution in [3.63, 3.8) is 0 Å². The minimum Gasteiger partial charge on any atom is -0.381 e. The average Bonchev–Trinajstić information content (AvgIpc) is 2.34. The highest BCUT2D eigenvalue weighted by atomic mass is 19.1. The van der Waals surface area contributed by atoms with Gasteiger partial charge in [0, 0.05) is 24.1 Å². The molecule has 1 saturated heterocycles. The van der Waals surface area contributed by atoms with E-state index < -0.39 is 11.6 Å². The molecule has 94 valence electrons. The van der Waals surface area contributed by atoms with Crippen LogP contribution in [0.15, 0.2) is 18.2 Å². The highest BCUT2D eigenvalue weighted by molar-refractivity contribution is 5.20. The zero-order valence-electron chi connectivity index (χ0n) is 9.88. The molecule has 1 fully saturated rings. The maximum absolute atomic E-state index is 13.5. The molecule has 1 aromatic carbocycles. The molecule has 0 bridgehead atoms. The molecule has 0 saturated carbocycles. The summed E-state index contributed by atoms with van der Waals surface area (Å²) in [5, 5.41) is 3.19. The van der Waals surface area contributed by atoms with E-state index in [1.165, 1.54) is 18.2 Å². The summed E-state index contributed by atoms with van der Waals surface area (Å²) in [6.07, 6.45) is 1.27. The van der Waals surface area contributed by atoms with Crippen LogP contribution in [0.5, 0.6) is 0 Å². The third kappa shape index (κ3) is 2.82. The van der Waals surface area contributed by atoms with Crippen LogP contribution in [0.1, 0.15) is 12.0 Å². The summed E-state index contributed by atoms with van der Waals surface area (Å²) in [6.45, 7) is 1.26. The lowest BCUT2D eigenvalue weighted by Gasteiger charge is -2.31. The van der Waals surface area contributed by atoms with E-state index in [2.05, 4.69) is 5.32 Å². The van der Waals surface area contributed by atoms with E-state index in [1.54, 1.807) is 0 Å². The number of hydrogen-bond acceptors (Lipinski definition) is 2. The molecule has 2 atom stereocenters. The minimum absolute atomic E-state index is 0.125. The fourth-order valence-corrected chi connectivity index (χ4v) is 2.37. The Morgan fingerprint density at radius 3 is 2.71 bits per heavy atom. The highest BCUT2D eigenvalue weighted by Crippen LogP contribution is 2.22. The lowest BCUT2D eigenvalue weighted by Crippen LogP contribution is -2.42. The summed E-state index contributed by atoms with van der Waals surface area (Å²) < 4.78 is 32.5. The van der Waals surface area contributed by atoms with Crippen molar-refractivity contribution in [2.45, 2.75) is 18.9 Å². The number of halogens is 2. The Labute approximate surface area is 100.0 Å². The topological polar surface area (TPSA) is 21.3 Å². The van der Waals surface area contributed by atoms with Crippen LogP contribution in [0.25, 0.3) is 0 Å². The molecule has 0 aromatic heterocycles. The molecule has 0 aliphatic carbocycles. The van der Waals surface area contributed by atoms with E-state index in [-0.39, 0.29) is 17.5 Å². The summed E-state index contributed by atoms with van der Waals surface area (Å²) in [5.41, 5.74) is 0.170. The smallest absolute Gasteiger partial charge is 0.129 e. The third-order valence-electron chi connectivity index (χ3n) is 3.37. The van der Waals surface area contributed by atoms with Crippen molar-refractivity contribution in [3.8, 4) is 0 Å². The maximum atomic E-state index is 13.5. The van der Waals surface area contributed by atoms with Crippen LogP contribution in [0.2, 0.25) is 0 Å². The fourth-order valence-electron chi connectivity index (χ4n) is 2.37. The van der Waals surface area contributed by atoms with Gasteiger partial charge in [0.15, 0.2) is 0 Å². The molecular formula is C13H17F2NO. The van der Waals surface area contributed by atoms with E-state index in [0.717, 1.165) is 6.42 Å². The zero-order valence-corrected chi connectivity index (χ0v) is 9.88. The summed E-state index contributed by atoms with van der Waals surface area (Å²) in [5.74, 6) is -0.809. The maximum Gasteiger partial charge on any atom is 0.129 e. The van der Waals surface area contributed by atoms with Crippen molar-refractivity contribution in [3.05, 3.63) is 35.4 Å². The molecule has 1 N–H and O–H groups in total. The quantitative estimate of drug-likeness (QED) is 0.875. The van der Waals surface area contributed by atoms with E-state index in [4.69, 9.17) is 4.74 Å². The lowest BCUT2D eigenvalue weighted by molar-refractivity contribution is 0.0336. The van der Waals surface area contributed by atoms with Crippen LogP contribution in [-0.2, 0) is 11.2 Å². The van der Waals surface area contributed by atoms with Crippen LogP contribution >= 0.6 is 0 Å². The van der Waals surface area contributed by atoms with Gasteiger partial charge in [0.25, 0.3) is 0 Å². The van der Waals surface area contributed by atoms with E-state index in [0.29, 0.717) is 19.6 Å². The molecule has 2 unspecified atom stereocenters. The number of nitrogens with one attached hydrogen (secondary N) is 1. The fraction of sp³-hybridized carbons (Fsp3) is 0.538. The summed E-state index contributed by atoms with van der Waals surface area (Å²) >= 11 is 0. The Balaban J connectivity index is 2.13. The molecule has 2 rings (SSSR count). The molecule has 17 heavy (non-hydrogen) atoms. The van der Waals surface area contributed by atoms with Crippen molar-refractivity contribution < 1.29 is 13.5 Å². The second kappa shape index (κ2) is 5.56. The Kier molecular flexibility index (Phi) is 4.07. The molecule has 1 heterocycles. The van der Waals surface area contributed by atoms with E-state index in [9.17, 15) is 8.78 Å². The van der Waals surface area contributed by atoms with Crippen LogP contribution in [-0.4, -0.2) is 26.3 Å². The summed E-state index contributed by atoms with van der Waals surface area (Å²) in [6, 6.07) is 4.26. The van der Waals surface area contributed by atoms with Gasteiger partial charge >= 0.3 is 0 Å². The third-order valence-corrected chi connectivity index (χ3v) is 3.37. The van der Waals surface area contributed by atoms with Gasteiger partial charge in [-0.3, -0.25) is 0 Å². The first-order valence-electron chi connectivity index (χ1n) is 5.90. The average molecular weight is 241 g/mol. The van der Waals surface area contributed by atoms with Gasteiger partial charge in [-0.05, 0) is 32.0 Å². The highest BCUT2D eigenvalue weighted by Gasteiger charge is 2.26. The second-order valence-electron chi connectivity index (χ2n) is 4.42. The molecule has 0 amide bonds.